The van der Waals surface area contributed by atoms with Gasteiger partial charge >= 0.3 is 5.97 Å². The van der Waals surface area contributed by atoms with Crippen LogP contribution in [0.4, 0.5) is 5.69 Å². The first-order chi connectivity index (χ1) is 13.0. The summed E-state index contributed by atoms with van der Waals surface area (Å²) in [7, 11) is 0. The van der Waals surface area contributed by atoms with E-state index in [0.717, 1.165) is 10.1 Å². The lowest BCUT2D eigenvalue weighted by molar-refractivity contribution is -0.123. The molecule has 1 atom stereocenters. The van der Waals surface area contributed by atoms with Crippen molar-refractivity contribution in [2.24, 2.45) is 0 Å². The highest BCUT2D eigenvalue weighted by Crippen LogP contribution is 2.36. The predicted molar refractivity (Wildman–Crippen MR) is 103 cm³/mol. The molecule has 0 spiro atoms. The van der Waals surface area contributed by atoms with Gasteiger partial charge in [-0.1, -0.05) is 29.8 Å². The number of thiophene rings is 1. The number of rotatable bonds is 4. The standard InChI is InChI=1S/C19H14ClNO5S/c1-10(18(22)21-11-6-7-13-14(8-11)25-9-24-13)26-19(23)17-16(20)12-4-2-3-5-15(12)27-17/h2-8,10H,9H2,1H3,(H,21,22)/t10-/m1/s1. The molecule has 0 saturated heterocycles. The summed E-state index contributed by atoms with van der Waals surface area (Å²) >= 11 is 7.52. The van der Waals surface area contributed by atoms with Gasteiger partial charge in [-0.05, 0) is 25.1 Å². The van der Waals surface area contributed by atoms with Gasteiger partial charge in [-0.15, -0.1) is 11.3 Å². The number of esters is 1. The van der Waals surface area contributed by atoms with Gasteiger partial charge in [0.1, 0.15) is 4.88 Å². The number of nitrogens with one attached hydrogen (secondary N) is 1. The van der Waals surface area contributed by atoms with Crippen LogP contribution in [0, 0.1) is 0 Å². The molecule has 2 heterocycles. The van der Waals surface area contributed by atoms with Gasteiger partial charge < -0.3 is 19.5 Å². The first-order valence-corrected chi connectivity index (χ1v) is 9.31. The lowest BCUT2D eigenvalue weighted by Gasteiger charge is -2.13. The molecular weight excluding hydrogens is 390 g/mol. The lowest BCUT2D eigenvalue weighted by Crippen LogP contribution is -2.29. The molecule has 1 aliphatic heterocycles. The summed E-state index contributed by atoms with van der Waals surface area (Å²) < 4.78 is 16.7. The summed E-state index contributed by atoms with van der Waals surface area (Å²) in [4.78, 5) is 25.1. The molecular formula is C19H14ClNO5S. The Bertz CT molecular complexity index is 1050. The van der Waals surface area contributed by atoms with Gasteiger partial charge in [-0.2, -0.15) is 0 Å². The zero-order chi connectivity index (χ0) is 19.0. The molecule has 8 heteroatoms. The SMILES string of the molecule is C[C@@H](OC(=O)c1sc2ccccc2c1Cl)C(=O)Nc1ccc2c(c1)OCO2. The van der Waals surface area contributed by atoms with Crippen LogP contribution in [-0.2, 0) is 9.53 Å². The van der Waals surface area contributed by atoms with Crippen molar-refractivity contribution in [1.82, 2.24) is 0 Å². The van der Waals surface area contributed by atoms with Crippen molar-refractivity contribution in [1.29, 1.82) is 0 Å². The zero-order valence-corrected chi connectivity index (χ0v) is 15.7. The molecule has 2 aromatic carbocycles. The molecule has 0 saturated carbocycles. The molecule has 27 heavy (non-hydrogen) atoms. The van der Waals surface area contributed by atoms with Gasteiger partial charge in [0.15, 0.2) is 17.6 Å². The van der Waals surface area contributed by atoms with E-state index >= 15 is 0 Å². The van der Waals surface area contributed by atoms with Crippen LogP contribution in [0.5, 0.6) is 11.5 Å². The molecule has 0 fully saturated rings. The lowest BCUT2D eigenvalue weighted by atomic mass is 10.2. The van der Waals surface area contributed by atoms with E-state index in [1.165, 1.54) is 18.3 Å². The number of anilines is 1. The largest absolute Gasteiger partial charge is 0.454 e. The molecule has 6 nitrogen and oxygen atoms in total. The van der Waals surface area contributed by atoms with Crippen LogP contribution in [0.3, 0.4) is 0 Å². The quantitative estimate of drug-likeness (QED) is 0.651. The van der Waals surface area contributed by atoms with Crippen LogP contribution < -0.4 is 14.8 Å². The molecule has 4 rings (SSSR count). The zero-order valence-electron chi connectivity index (χ0n) is 14.2. The first kappa shape index (κ1) is 17.6. The minimum Gasteiger partial charge on any atom is -0.454 e. The summed E-state index contributed by atoms with van der Waals surface area (Å²) in [6.45, 7) is 1.65. The predicted octanol–water partition coefficient (Wildman–Crippen LogP) is 4.47. The van der Waals surface area contributed by atoms with E-state index < -0.39 is 18.0 Å². The van der Waals surface area contributed by atoms with E-state index in [9.17, 15) is 9.59 Å². The maximum atomic E-state index is 12.4. The van der Waals surface area contributed by atoms with Gasteiger partial charge in [0.05, 0.1) is 5.02 Å². The van der Waals surface area contributed by atoms with Crippen molar-refractivity contribution in [3.8, 4) is 11.5 Å². The Kier molecular flexibility index (Phi) is 4.63. The van der Waals surface area contributed by atoms with E-state index in [1.54, 1.807) is 18.2 Å². The number of fused-ring (bicyclic) bond motifs is 2. The van der Waals surface area contributed by atoms with Gasteiger partial charge in [0.25, 0.3) is 5.91 Å². The molecule has 138 valence electrons. The Hall–Kier alpha value is -2.77. The molecule has 1 aliphatic rings. The highest BCUT2D eigenvalue weighted by atomic mass is 35.5. The Labute approximate surface area is 163 Å². The van der Waals surface area contributed by atoms with Crippen molar-refractivity contribution in [2.75, 3.05) is 12.1 Å². The van der Waals surface area contributed by atoms with E-state index in [2.05, 4.69) is 5.32 Å². The Morgan fingerprint density at radius 2 is 1.96 bits per heavy atom. The van der Waals surface area contributed by atoms with Crippen molar-refractivity contribution in [2.45, 2.75) is 13.0 Å². The monoisotopic (exact) mass is 403 g/mol. The molecule has 1 aromatic heterocycles. The Morgan fingerprint density at radius 3 is 2.78 bits per heavy atom. The second-order valence-corrected chi connectivity index (χ2v) is 7.28. The molecule has 0 radical (unpaired) electrons. The van der Waals surface area contributed by atoms with Gasteiger partial charge in [0, 0.05) is 21.8 Å². The number of amides is 1. The van der Waals surface area contributed by atoms with Gasteiger partial charge in [-0.25, -0.2) is 4.79 Å². The smallest absolute Gasteiger partial charge is 0.350 e. The second kappa shape index (κ2) is 7.09. The van der Waals surface area contributed by atoms with E-state index in [-0.39, 0.29) is 11.7 Å². The fourth-order valence-corrected chi connectivity index (χ4v) is 4.02. The summed E-state index contributed by atoms with van der Waals surface area (Å²) in [5, 5.41) is 3.81. The van der Waals surface area contributed by atoms with Crippen LogP contribution in [0.15, 0.2) is 42.5 Å². The summed E-state index contributed by atoms with van der Waals surface area (Å²) in [6.07, 6.45) is -0.996. The fraction of sp³-hybridized carbons (Fsp3) is 0.158. The van der Waals surface area contributed by atoms with Crippen molar-refractivity contribution in [3.63, 3.8) is 0 Å². The van der Waals surface area contributed by atoms with Crippen LogP contribution in [0.25, 0.3) is 10.1 Å². The molecule has 1 amide bonds. The van der Waals surface area contributed by atoms with Crippen LogP contribution in [0.2, 0.25) is 5.02 Å². The highest BCUT2D eigenvalue weighted by molar-refractivity contribution is 7.21. The van der Waals surface area contributed by atoms with E-state index in [1.807, 2.05) is 24.3 Å². The average molecular weight is 404 g/mol. The molecule has 0 unspecified atom stereocenters. The van der Waals surface area contributed by atoms with Gasteiger partial charge in [-0.3, -0.25) is 4.79 Å². The maximum absolute atomic E-state index is 12.4. The molecule has 3 aromatic rings. The highest BCUT2D eigenvalue weighted by Gasteiger charge is 2.24. The third-order valence-corrected chi connectivity index (χ3v) is 5.67. The number of halogens is 1. The molecule has 0 aliphatic carbocycles. The Balaban J connectivity index is 1.44. The number of carbonyl (C=O) groups excluding carboxylic acids is 2. The minimum atomic E-state index is -0.996. The van der Waals surface area contributed by atoms with E-state index in [0.29, 0.717) is 22.2 Å². The normalized spacial score (nSPS) is 13.4. The molecule has 1 N–H and O–H groups in total. The van der Waals surface area contributed by atoms with Gasteiger partial charge in [0.2, 0.25) is 6.79 Å². The number of ether oxygens (including phenoxy) is 3. The summed E-state index contributed by atoms with van der Waals surface area (Å²) in [6, 6.07) is 12.5. The second-order valence-electron chi connectivity index (χ2n) is 5.85. The third kappa shape index (κ3) is 3.43. The average Bonchev–Trinajstić information content (AvgIpc) is 3.26. The van der Waals surface area contributed by atoms with Crippen molar-refractivity contribution >= 4 is 50.6 Å². The number of hydrogen-bond acceptors (Lipinski definition) is 6. The summed E-state index contributed by atoms with van der Waals surface area (Å²) in [5.74, 6) is 0.0790. The van der Waals surface area contributed by atoms with E-state index in [4.69, 9.17) is 25.8 Å². The number of benzene rings is 2. The van der Waals surface area contributed by atoms with Crippen molar-refractivity contribution in [3.05, 3.63) is 52.4 Å². The molecule has 0 bridgehead atoms. The van der Waals surface area contributed by atoms with Crippen LogP contribution in [0.1, 0.15) is 16.6 Å². The van der Waals surface area contributed by atoms with Crippen LogP contribution in [-0.4, -0.2) is 24.8 Å². The minimum absolute atomic E-state index is 0.149. The Morgan fingerprint density at radius 1 is 1.19 bits per heavy atom. The van der Waals surface area contributed by atoms with Crippen molar-refractivity contribution < 1.29 is 23.8 Å². The van der Waals surface area contributed by atoms with Crippen LogP contribution >= 0.6 is 22.9 Å². The fourth-order valence-electron chi connectivity index (χ4n) is 2.63. The first-order valence-electron chi connectivity index (χ1n) is 8.11. The topological polar surface area (TPSA) is 73.9 Å². The maximum Gasteiger partial charge on any atom is 0.350 e. The third-order valence-electron chi connectivity index (χ3n) is 4.01. The number of hydrogen-bond donors (Lipinski definition) is 1. The number of carbonyl (C=O) groups is 2. The summed E-state index contributed by atoms with van der Waals surface area (Å²) in [5.41, 5.74) is 0.520.